The maximum absolute atomic E-state index is 14.1. The van der Waals surface area contributed by atoms with Crippen LogP contribution in [-0.2, 0) is 4.79 Å². The van der Waals surface area contributed by atoms with Crippen molar-refractivity contribution in [1.29, 1.82) is 0 Å². The van der Waals surface area contributed by atoms with E-state index in [2.05, 4.69) is 26.0 Å². The third-order valence-electron chi connectivity index (χ3n) is 7.91. The molecule has 2 heteroatoms. The first-order chi connectivity index (χ1) is 9.97. The molecular formula is C19H27FO. The van der Waals surface area contributed by atoms with Crippen molar-refractivity contribution in [3.63, 3.8) is 0 Å². The van der Waals surface area contributed by atoms with Gasteiger partial charge in [-0.3, -0.25) is 4.79 Å². The van der Waals surface area contributed by atoms with Gasteiger partial charge in [-0.25, -0.2) is 4.39 Å². The number of carbonyl (C=O) groups excluding carboxylic acids is 1. The molecule has 21 heavy (non-hydrogen) atoms. The monoisotopic (exact) mass is 290 g/mol. The first-order valence-electron chi connectivity index (χ1n) is 8.80. The molecule has 3 saturated carbocycles. The molecule has 0 aromatic rings. The molecule has 0 aliphatic heterocycles. The Bertz CT molecular complexity index is 498. The third kappa shape index (κ3) is 1.71. The Morgan fingerprint density at radius 2 is 1.95 bits per heavy atom. The van der Waals surface area contributed by atoms with Crippen LogP contribution in [0.1, 0.15) is 58.8 Å². The molecule has 1 nitrogen and oxygen atoms in total. The minimum Gasteiger partial charge on any atom is -0.296 e. The number of ketones is 1. The zero-order valence-electron chi connectivity index (χ0n) is 13.3. The maximum Gasteiger partial charge on any atom is 0.173 e. The van der Waals surface area contributed by atoms with Crippen molar-refractivity contribution in [3.8, 4) is 0 Å². The van der Waals surface area contributed by atoms with Crippen molar-refractivity contribution < 1.29 is 9.18 Å². The molecule has 116 valence electrons. The minimum absolute atomic E-state index is 0.0817. The summed E-state index contributed by atoms with van der Waals surface area (Å²) in [6.45, 7) is 4.54. The van der Waals surface area contributed by atoms with Crippen LogP contribution in [-0.4, -0.2) is 12.0 Å². The summed E-state index contributed by atoms with van der Waals surface area (Å²) in [5, 5.41) is 0. The number of carbonyl (C=O) groups is 1. The van der Waals surface area contributed by atoms with Crippen LogP contribution in [0.3, 0.4) is 0 Å². The van der Waals surface area contributed by atoms with Gasteiger partial charge in [-0.15, -0.1) is 0 Å². The molecule has 0 N–H and O–H groups in total. The van der Waals surface area contributed by atoms with Crippen molar-refractivity contribution >= 4 is 5.78 Å². The van der Waals surface area contributed by atoms with Gasteiger partial charge in [-0.2, -0.15) is 0 Å². The number of allylic oxidation sites excluding steroid dienone is 2. The molecule has 0 bridgehead atoms. The molecule has 0 spiro atoms. The SMILES string of the molecule is C[C@]12CC=CC[C@@H]1CC[C@@H]1[C@@H]2CC[C@]2(C)C(=O)[C@H](F)C[C@@H]12. The summed E-state index contributed by atoms with van der Waals surface area (Å²) in [4.78, 5) is 12.3. The van der Waals surface area contributed by atoms with E-state index in [9.17, 15) is 9.18 Å². The lowest BCUT2D eigenvalue weighted by molar-refractivity contribution is -0.138. The van der Waals surface area contributed by atoms with E-state index in [1.165, 1.54) is 25.7 Å². The fraction of sp³-hybridized carbons (Fsp3) is 0.842. The van der Waals surface area contributed by atoms with Crippen LogP contribution >= 0.6 is 0 Å². The Morgan fingerprint density at radius 3 is 2.76 bits per heavy atom. The first-order valence-corrected chi connectivity index (χ1v) is 8.80. The Morgan fingerprint density at radius 1 is 1.14 bits per heavy atom. The summed E-state index contributed by atoms with van der Waals surface area (Å²) in [6.07, 6.45) is 11.0. The van der Waals surface area contributed by atoms with E-state index < -0.39 is 6.17 Å². The van der Waals surface area contributed by atoms with Gasteiger partial charge in [-0.1, -0.05) is 26.0 Å². The van der Waals surface area contributed by atoms with Gasteiger partial charge >= 0.3 is 0 Å². The summed E-state index contributed by atoms with van der Waals surface area (Å²) in [7, 11) is 0. The number of fused-ring (bicyclic) bond motifs is 5. The summed E-state index contributed by atoms with van der Waals surface area (Å²) in [6, 6.07) is 0. The lowest BCUT2D eigenvalue weighted by atomic mass is 9.46. The van der Waals surface area contributed by atoms with Gasteiger partial charge in [0, 0.05) is 5.41 Å². The van der Waals surface area contributed by atoms with Gasteiger partial charge in [0.2, 0.25) is 0 Å². The molecule has 4 aliphatic carbocycles. The predicted molar refractivity (Wildman–Crippen MR) is 81.5 cm³/mol. The molecule has 0 saturated heterocycles. The minimum atomic E-state index is -1.18. The average Bonchev–Trinajstić information content (AvgIpc) is 2.70. The standard InChI is InChI=1S/C19H27FO/c1-18-9-4-3-5-12(18)6-7-13-14(18)8-10-19(2)15(13)11-16(20)17(19)21/h3-4,12-16H,5-11H2,1-2H3/t12-,13-,14+,15+,16-,18+,19+/m1/s1. The highest BCUT2D eigenvalue weighted by molar-refractivity contribution is 5.91. The molecule has 7 atom stereocenters. The topological polar surface area (TPSA) is 17.1 Å². The zero-order valence-corrected chi connectivity index (χ0v) is 13.3. The van der Waals surface area contributed by atoms with Crippen LogP contribution in [0.15, 0.2) is 12.2 Å². The molecular weight excluding hydrogens is 263 g/mol. The predicted octanol–water partition coefficient (Wildman–Crippen LogP) is 4.71. The lowest BCUT2D eigenvalue weighted by Gasteiger charge is -2.58. The molecule has 0 aromatic heterocycles. The van der Waals surface area contributed by atoms with Crippen LogP contribution in [0.4, 0.5) is 4.39 Å². The maximum atomic E-state index is 14.1. The van der Waals surface area contributed by atoms with Gasteiger partial charge < -0.3 is 0 Å². The van der Waals surface area contributed by atoms with E-state index in [4.69, 9.17) is 0 Å². The van der Waals surface area contributed by atoms with Crippen molar-refractivity contribution in [2.24, 2.45) is 34.5 Å². The van der Waals surface area contributed by atoms with Gasteiger partial charge in [0.1, 0.15) is 0 Å². The number of halogens is 1. The molecule has 0 unspecified atom stereocenters. The number of Topliss-reactive ketones (excluding diaryl/α,β-unsaturated/α-hetero) is 1. The fourth-order valence-corrected chi connectivity index (χ4v) is 6.59. The Hall–Kier alpha value is -0.660. The van der Waals surface area contributed by atoms with Crippen molar-refractivity contribution in [3.05, 3.63) is 12.2 Å². The summed E-state index contributed by atoms with van der Waals surface area (Å²) >= 11 is 0. The quantitative estimate of drug-likeness (QED) is 0.590. The second-order valence-electron chi connectivity index (χ2n) is 8.59. The molecule has 0 radical (unpaired) electrons. The summed E-state index contributed by atoms with van der Waals surface area (Å²) in [5.41, 5.74) is 0.0464. The number of alkyl halides is 1. The molecule has 3 fully saturated rings. The number of rotatable bonds is 0. The van der Waals surface area contributed by atoms with Crippen molar-refractivity contribution in [2.75, 3.05) is 0 Å². The molecule has 0 aromatic carbocycles. The zero-order chi connectivity index (χ0) is 14.8. The van der Waals surface area contributed by atoms with E-state index in [-0.39, 0.29) is 11.2 Å². The van der Waals surface area contributed by atoms with E-state index in [1.807, 2.05) is 0 Å². The highest BCUT2D eigenvalue weighted by Gasteiger charge is 2.61. The second kappa shape index (κ2) is 4.43. The van der Waals surface area contributed by atoms with Crippen LogP contribution < -0.4 is 0 Å². The average molecular weight is 290 g/mol. The smallest absolute Gasteiger partial charge is 0.173 e. The molecule has 4 aliphatic rings. The first kappa shape index (κ1) is 14.0. The molecule has 4 rings (SSSR count). The van der Waals surface area contributed by atoms with E-state index >= 15 is 0 Å². The Labute approximate surface area is 127 Å². The number of hydrogen-bond acceptors (Lipinski definition) is 1. The van der Waals surface area contributed by atoms with Crippen LogP contribution in [0.5, 0.6) is 0 Å². The number of hydrogen-bond donors (Lipinski definition) is 0. The normalized spacial score (nSPS) is 55.8. The largest absolute Gasteiger partial charge is 0.296 e. The van der Waals surface area contributed by atoms with Crippen LogP contribution in [0.25, 0.3) is 0 Å². The van der Waals surface area contributed by atoms with E-state index in [0.717, 1.165) is 18.8 Å². The Kier molecular flexibility index (Phi) is 2.94. The third-order valence-corrected chi connectivity index (χ3v) is 7.91. The van der Waals surface area contributed by atoms with Crippen LogP contribution in [0.2, 0.25) is 0 Å². The van der Waals surface area contributed by atoms with Crippen LogP contribution in [0, 0.1) is 34.5 Å². The summed E-state index contributed by atoms with van der Waals surface area (Å²) in [5.74, 6) is 2.33. The highest BCUT2D eigenvalue weighted by Crippen LogP contribution is 2.65. The lowest BCUT2D eigenvalue weighted by Crippen LogP contribution is -2.52. The molecule has 0 heterocycles. The second-order valence-corrected chi connectivity index (χ2v) is 8.59. The molecule has 0 amide bonds. The van der Waals surface area contributed by atoms with E-state index in [1.54, 1.807) is 0 Å². The van der Waals surface area contributed by atoms with Crippen molar-refractivity contribution in [2.45, 2.75) is 65.0 Å². The fourth-order valence-electron chi connectivity index (χ4n) is 6.59. The van der Waals surface area contributed by atoms with Gasteiger partial charge in [0.15, 0.2) is 12.0 Å². The van der Waals surface area contributed by atoms with Crippen molar-refractivity contribution in [1.82, 2.24) is 0 Å². The summed E-state index contributed by atoms with van der Waals surface area (Å²) < 4.78 is 14.1. The van der Waals surface area contributed by atoms with E-state index in [0.29, 0.717) is 29.6 Å². The van der Waals surface area contributed by atoms with Gasteiger partial charge in [0.05, 0.1) is 0 Å². The highest BCUT2D eigenvalue weighted by atomic mass is 19.1. The Balaban J connectivity index is 1.68. The van der Waals surface area contributed by atoms with Gasteiger partial charge in [0.25, 0.3) is 0 Å². The van der Waals surface area contributed by atoms with Gasteiger partial charge in [-0.05, 0) is 74.0 Å².